The van der Waals surface area contributed by atoms with Crippen molar-refractivity contribution >= 4 is 10.9 Å². The van der Waals surface area contributed by atoms with Crippen LogP contribution in [0.5, 0.6) is 0 Å². The average molecular weight is 299 g/mol. The molecule has 0 aliphatic carbocycles. The molecule has 1 saturated heterocycles. The summed E-state index contributed by atoms with van der Waals surface area (Å²) >= 11 is 0. The normalized spacial score (nSPS) is 17.5. The summed E-state index contributed by atoms with van der Waals surface area (Å²) in [4.78, 5) is 20.9. The predicted molar refractivity (Wildman–Crippen MR) is 91.3 cm³/mol. The Morgan fingerprint density at radius 3 is 2.68 bits per heavy atom. The Kier molecular flexibility index (Phi) is 4.32. The van der Waals surface area contributed by atoms with Crippen LogP contribution in [0.1, 0.15) is 24.1 Å². The second kappa shape index (κ2) is 6.23. The highest BCUT2D eigenvalue weighted by Crippen LogP contribution is 2.18. The zero-order valence-corrected chi connectivity index (χ0v) is 13.7. The minimum Gasteiger partial charge on any atom is -0.358 e. The van der Waals surface area contributed by atoms with Gasteiger partial charge in [0.25, 0.3) is 0 Å². The minimum absolute atomic E-state index is 0.173. The number of nitrogens with one attached hydrogen (secondary N) is 1. The molecule has 1 aliphatic rings. The Balaban J connectivity index is 1.86. The molecule has 0 radical (unpaired) electrons. The summed E-state index contributed by atoms with van der Waals surface area (Å²) in [6, 6.07) is 8.33. The van der Waals surface area contributed by atoms with Crippen LogP contribution in [-0.4, -0.2) is 48.0 Å². The Bertz CT molecular complexity index is 714. The fourth-order valence-corrected chi connectivity index (χ4v) is 3.41. The van der Waals surface area contributed by atoms with E-state index >= 15 is 0 Å². The standard InChI is InChI=1S/C18H25N3O/c1-13-16(12-21(3)14-8-10-20(2)11-9-14)18(22)15-6-4-5-7-17(15)19-13/h4-7,14H,8-12H2,1-3H3,(H,19,22). The second-order valence-electron chi connectivity index (χ2n) is 6.55. The van der Waals surface area contributed by atoms with Crippen LogP contribution >= 0.6 is 0 Å². The lowest BCUT2D eigenvalue weighted by Gasteiger charge is -2.35. The number of aromatic nitrogens is 1. The molecule has 0 bridgehead atoms. The zero-order valence-electron chi connectivity index (χ0n) is 13.7. The maximum absolute atomic E-state index is 12.8. The Labute approximate surface area is 131 Å². The number of hydrogen-bond acceptors (Lipinski definition) is 3. The smallest absolute Gasteiger partial charge is 0.194 e. The van der Waals surface area contributed by atoms with Crippen LogP contribution in [0.3, 0.4) is 0 Å². The fourth-order valence-electron chi connectivity index (χ4n) is 3.41. The number of nitrogens with zero attached hydrogens (tertiary/aromatic N) is 2. The summed E-state index contributed by atoms with van der Waals surface area (Å²) in [5, 5.41) is 0.792. The van der Waals surface area contributed by atoms with Gasteiger partial charge >= 0.3 is 0 Å². The number of piperidine rings is 1. The number of benzene rings is 1. The average Bonchev–Trinajstić information content (AvgIpc) is 2.52. The molecular weight excluding hydrogens is 274 g/mol. The maximum atomic E-state index is 12.8. The molecule has 2 heterocycles. The molecule has 1 aromatic carbocycles. The molecular formula is C18H25N3O. The van der Waals surface area contributed by atoms with Crippen molar-refractivity contribution in [2.75, 3.05) is 27.2 Å². The topological polar surface area (TPSA) is 39.3 Å². The third-order valence-corrected chi connectivity index (χ3v) is 4.94. The predicted octanol–water partition coefficient (Wildman–Crippen LogP) is 2.36. The highest BCUT2D eigenvalue weighted by Gasteiger charge is 2.22. The molecule has 0 saturated carbocycles. The first-order valence-corrected chi connectivity index (χ1v) is 8.05. The molecule has 0 spiro atoms. The molecule has 0 atom stereocenters. The molecule has 2 aromatic rings. The number of likely N-dealkylation sites (tertiary alicyclic amines) is 1. The van der Waals surface area contributed by atoms with E-state index in [2.05, 4.69) is 28.9 Å². The van der Waals surface area contributed by atoms with Crippen LogP contribution in [0.25, 0.3) is 10.9 Å². The molecule has 0 unspecified atom stereocenters. The molecule has 1 aromatic heterocycles. The third kappa shape index (κ3) is 2.94. The van der Waals surface area contributed by atoms with Gasteiger partial charge in [-0.2, -0.15) is 0 Å². The van der Waals surface area contributed by atoms with Gasteiger partial charge in [0.1, 0.15) is 0 Å². The summed E-state index contributed by atoms with van der Waals surface area (Å²) < 4.78 is 0. The van der Waals surface area contributed by atoms with E-state index < -0.39 is 0 Å². The first kappa shape index (κ1) is 15.3. The van der Waals surface area contributed by atoms with E-state index in [9.17, 15) is 4.79 Å². The Morgan fingerprint density at radius 2 is 1.95 bits per heavy atom. The quantitative estimate of drug-likeness (QED) is 0.946. The van der Waals surface area contributed by atoms with Gasteiger partial charge in [-0.15, -0.1) is 0 Å². The number of hydrogen-bond donors (Lipinski definition) is 1. The van der Waals surface area contributed by atoms with E-state index in [1.807, 2.05) is 31.2 Å². The lowest BCUT2D eigenvalue weighted by Crippen LogP contribution is -2.42. The Hall–Kier alpha value is -1.65. The largest absolute Gasteiger partial charge is 0.358 e. The molecule has 118 valence electrons. The van der Waals surface area contributed by atoms with Gasteiger partial charge in [-0.3, -0.25) is 9.69 Å². The van der Waals surface area contributed by atoms with Crippen molar-refractivity contribution in [3.8, 4) is 0 Å². The van der Waals surface area contributed by atoms with Crippen molar-refractivity contribution < 1.29 is 0 Å². The van der Waals surface area contributed by atoms with Crippen molar-refractivity contribution in [2.24, 2.45) is 0 Å². The highest BCUT2D eigenvalue weighted by atomic mass is 16.1. The summed E-state index contributed by atoms with van der Waals surface area (Å²) in [6.45, 7) is 5.01. The second-order valence-corrected chi connectivity index (χ2v) is 6.55. The van der Waals surface area contributed by atoms with Crippen molar-refractivity contribution in [1.29, 1.82) is 0 Å². The van der Waals surface area contributed by atoms with Crippen LogP contribution in [0.15, 0.2) is 29.1 Å². The number of para-hydroxylation sites is 1. The molecule has 1 aliphatic heterocycles. The van der Waals surface area contributed by atoms with Crippen molar-refractivity contribution in [3.05, 3.63) is 45.7 Å². The summed E-state index contributed by atoms with van der Waals surface area (Å²) in [6.07, 6.45) is 2.36. The Morgan fingerprint density at radius 1 is 1.27 bits per heavy atom. The van der Waals surface area contributed by atoms with Gasteiger partial charge in [-0.25, -0.2) is 0 Å². The molecule has 22 heavy (non-hydrogen) atoms. The SMILES string of the molecule is Cc1[nH]c2ccccc2c(=O)c1CN(C)C1CCN(C)CC1. The number of H-pyrrole nitrogens is 1. The first-order chi connectivity index (χ1) is 10.6. The van der Waals surface area contributed by atoms with Crippen LogP contribution < -0.4 is 5.43 Å². The van der Waals surface area contributed by atoms with E-state index in [4.69, 9.17) is 0 Å². The number of pyridine rings is 1. The van der Waals surface area contributed by atoms with Gasteiger partial charge in [-0.05, 0) is 59.1 Å². The molecule has 1 N–H and O–H groups in total. The van der Waals surface area contributed by atoms with E-state index in [-0.39, 0.29) is 5.43 Å². The van der Waals surface area contributed by atoms with Crippen LogP contribution in [-0.2, 0) is 6.54 Å². The van der Waals surface area contributed by atoms with Gasteiger partial charge in [0, 0.05) is 34.7 Å². The number of aromatic amines is 1. The van der Waals surface area contributed by atoms with Gasteiger partial charge in [0.15, 0.2) is 5.43 Å². The monoisotopic (exact) mass is 299 g/mol. The lowest BCUT2D eigenvalue weighted by atomic mass is 10.0. The molecule has 4 nitrogen and oxygen atoms in total. The van der Waals surface area contributed by atoms with Crippen molar-refractivity contribution in [3.63, 3.8) is 0 Å². The van der Waals surface area contributed by atoms with E-state index in [1.165, 1.54) is 12.8 Å². The van der Waals surface area contributed by atoms with Crippen LogP contribution in [0.2, 0.25) is 0 Å². The maximum Gasteiger partial charge on any atom is 0.194 e. The molecule has 4 heteroatoms. The zero-order chi connectivity index (χ0) is 15.7. The molecule has 1 fully saturated rings. The minimum atomic E-state index is 0.173. The van der Waals surface area contributed by atoms with Crippen LogP contribution in [0, 0.1) is 6.92 Å². The fraction of sp³-hybridized carbons (Fsp3) is 0.500. The number of rotatable bonds is 3. The number of aryl methyl sites for hydroxylation is 1. The third-order valence-electron chi connectivity index (χ3n) is 4.94. The van der Waals surface area contributed by atoms with Gasteiger partial charge < -0.3 is 9.88 Å². The van der Waals surface area contributed by atoms with E-state index in [1.54, 1.807) is 0 Å². The highest BCUT2D eigenvalue weighted by molar-refractivity contribution is 5.79. The van der Waals surface area contributed by atoms with E-state index in [0.717, 1.165) is 41.8 Å². The van der Waals surface area contributed by atoms with Gasteiger partial charge in [0.2, 0.25) is 0 Å². The molecule has 3 rings (SSSR count). The number of fused-ring (bicyclic) bond motifs is 1. The summed E-state index contributed by atoms with van der Waals surface area (Å²) in [5.74, 6) is 0. The van der Waals surface area contributed by atoms with Crippen molar-refractivity contribution in [2.45, 2.75) is 32.4 Å². The van der Waals surface area contributed by atoms with Gasteiger partial charge in [0.05, 0.1) is 0 Å². The lowest BCUT2D eigenvalue weighted by molar-refractivity contribution is 0.139. The van der Waals surface area contributed by atoms with Crippen molar-refractivity contribution in [1.82, 2.24) is 14.8 Å². The van der Waals surface area contributed by atoms with E-state index in [0.29, 0.717) is 6.04 Å². The van der Waals surface area contributed by atoms with Crippen LogP contribution in [0.4, 0.5) is 0 Å². The molecule has 0 amide bonds. The summed E-state index contributed by atoms with van der Waals surface area (Å²) in [7, 11) is 4.32. The first-order valence-electron chi connectivity index (χ1n) is 8.05. The van der Waals surface area contributed by atoms with Gasteiger partial charge in [-0.1, -0.05) is 12.1 Å². The summed E-state index contributed by atoms with van der Waals surface area (Å²) in [5.41, 5.74) is 2.99.